The number of H-pyrrole nitrogens is 1. The molecule has 0 atom stereocenters. The molecule has 0 fully saturated rings. The second-order valence-corrected chi connectivity index (χ2v) is 4.47. The smallest absolute Gasteiger partial charge is 0.361 e. The normalized spacial score (nSPS) is 11.9. The number of halogens is 3. The number of rotatable bonds is 2. The zero-order chi connectivity index (χ0) is 14.2. The van der Waals surface area contributed by atoms with Gasteiger partial charge in [0.25, 0.3) is 0 Å². The molecule has 0 radical (unpaired) electrons. The largest absolute Gasteiger partial charge is 0.433 e. The van der Waals surface area contributed by atoms with E-state index in [1.165, 1.54) is 0 Å². The zero-order valence-electron chi connectivity index (χ0n) is 10.3. The van der Waals surface area contributed by atoms with E-state index in [9.17, 15) is 13.2 Å². The number of nitrogens with zero attached hydrogens (tertiary/aromatic N) is 2. The van der Waals surface area contributed by atoms with E-state index in [1.54, 1.807) is 0 Å². The first-order valence-corrected chi connectivity index (χ1v) is 5.96. The van der Waals surface area contributed by atoms with Gasteiger partial charge in [0.1, 0.15) is 12.0 Å². The third kappa shape index (κ3) is 2.49. The summed E-state index contributed by atoms with van der Waals surface area (Å²) in [6.45, 7) is 0. The van der Waals surface area contributed by atoms with Crippen LogP contribution in [-0.2, 0) is 12.6 Å². The Bertz CT molecular complexity index is 747. The fourth-order valence-electron chi connectivity index (χ4n) is 2.07. The molecule has 6 heteroatoms. The van der Waals surface area contributed by atoms with Gasteiger partial charge in [0.15, 0.2) is 0 Å². The van der Waals surface area contributed by atoms with E-state index in [1.807, 2.05) is 30.5 Å². The highest BCUT2D eigenvalue weighted by Gasteiger charge is 2.32. The number of benzene rings is 1. The molecule has 2 aromatic heterocycles. The van der Waals surface area contributed by atoms with Crippen LogP contribution in [0.5, 0.6) is 0 Å². The minimum Gasteiger partial charge on any atom is -0.361 e. The molecule has 0 aliphatic heterocycles. The van der Waals surface area contributed by atoms with Crippen LogP contribution in [0.3, 0.4) is 0 Å². The highest BCUT2D eigenvalue weighted by Crippen LogP contribution is 2.27. The number of aromatic nitrogens is 3. The fourth-order valence-corrected chi connectivity index (χ4v) is 2.07. The Morgan fingerprint density at radius 1 is 1.05 bits per heavy atom. The first kappa shape index (κ1) is 12.7. The zero-order valence-corrected chi connectivity index (χ0v) is 10.3. The van der Waals surface area contributed by atoms with Crippen molar-refractivity contribution in [1.29, 1.82) is 0 Å². The minimum absolute atomic E-state index is 0.340. The predicted molar refractivity (Wildman–Crippen MR) is 68.1 cm³/mol. The van der Waals surface area contributed by atoms with Gasteiger partial charge in [0.05, 0.1) is 0 Å². The van der Waals surface area contributed by atoms with E-state index in [0.717, 1.165) is 28.9 Å². The molecule has 3 rings (SSSR count). The monoisotopic (exact) mass is 277 g/mol. The number of hydrogen-bond donors (Lipinski definition) is 1. The highest BCUT2D eigenvalue weighted by atomic mass is 19.4. The molecule has 0 aliphatic rings. The van der Waals surface area contributed by atoms with Crippen LogP contribution in [0.1, 0.15) is 17.0 Å². The van der Waals surface area contributed by atoms with Crippen LogP contribution in [0.25, 0.3) is 10.9 Å². The molecular formula is C14H10F3N3. The number of alkyl halides is 3. The van der Waals surface area contributed by atoms with Gasteiger partial charge in [0.2, 0.25) is 0 Å². The van der Waals surface area contributed by atoms with Gasteiger partial charge in [-0.15, -0.1) is 0 Å². The molecule has 102 valence electrons. The second kappa shape index (κ2) is 4.63. The van der Waals surface area contributed by atoms with Gasteiger partial charge >= 0.3 is 6.18 Å². The third-order valence-corrected chi connectivity index (χ3v) is 3.02. The van der Waals surface area contributed by atoms with Gasteiger partial charge in [-0.1, -0.05) is 6.07 Å². The fraction of sp³-hybridized carbons (Fsp3) is 0.143. The van der Waals surface area contributed by atoms with Crippen molar-refractivity contribution in [1.82, 2.24) is 15.0 Å². The van der Waals surface area contributed by atoms with Crippen LogP contribution in [0.15, 0.2) is 42.9 Å². The lowest BCUT2D eigenvalue weighted by Crippen LogP contribution is -2.09. The van der Waals surface area contributed by atoms with Crippen molar-refractivity contribution in [3.05, 3.63) is 59.8 Å². The summed E-state index contributed by atoms with van der Waals surface area (Å²) in [5.41, 5.74) is 1.34. The molecule has 0 spiro atoms. The van der Waals surface area contributed by atoms with Crippen molar-refractivity contribution in [2.45, 2.75) is 12.6 Å². The molecule has 0 bridgehead atoms. The summed E-state index contributed by atoms with van der Waals surface area (Å²) in [5.74, 6) is 0. The van der Waals surface area contributed by atoms with Crippen LogP contribution >= 0.6 is 0 Å². The summed E-state index contributed by atoms with van der Waals surface area (Å²) >= 11 is 0. The van der Waals surface area contributed by atoms with Crippen LogP contribution in [0.2, 0.25) is 0 Å². The van der Waals surface area contributed by atoms with Crippen LogP contribution in [0, 0.1) is 0 Å². The van der Waals surface area contributed by atoms with Gasteiger partial charge < -0.3 is 4.98 Å². The van der Waals surface area contributed by atoms with Gasteiger partial charge in [-0.25, -0.2) is 9.97 Å². The average molecular weight is 277 g/mol. The van der Waals surface area contributed by atoms with Crippen molar-refractivity contribution in [2.75, 3.05) is 0 Å². The standard InChI is InChI=1S/C14H10F3N3/c15-14(16,17)13-7-11(19-8-20-13)6-9-1-2-12-10(5-9)3-4-18-12/h1-5,7-8,18H,6H2. The van der Waals surface area contributed by atoms with E-state index in [4.69, 9.17) is 0 Å². The topological polar surface area (TPSA) is 41.6 Å². The lowest BCUT2D eigenvalue weighted by molar-refractivity contribution is -0.141. The molecule has 0 unspecified atom stereocenters. The van der Waals surface area contributed by atoms with Crippen molar-refractivity contribution in [3.63, 3.8) is 0 Å². The molecule has 1 N–H and O–H groups in total. The molecule has 0 saturated heterocycles. The van der Waals surface area contributed by atoms with Gasteiger partial charge in [-0.2, -0.15) is 13.2 Å². The van der Waals surface area contributed by atoms with Crippen molar-refractivity contribution < 1.29 is 13.2 Å². The molecule has 3 aromatic rings. The first-order valence-electron chi connectivity index (χ1n) is 5.96. The maximum absolute atomic E-state index is 12.6. The molecule has 20 heavy (non-hydrogen) atoms. The summed E-state index contributed by atoms with van der Waals surface area (Å²) in [6.07, 6.45) is -1.33. The molecule has 1 aromatic carbocycles. The molecule has 0 aliphatic carbocycles. The third-order valence-electron chi connectivity index (χ3n) is 3.02. The average Bonchev–Trinajstić information content (AvgIpc) is 2.85. The van der Waals surface area contributed by atoms with Crippen LogP contribution in [0.4, 0.5) is 13.2 Å². The Labute approximate surface area is 112 Å². The summed E-state index contributed by atoms with van der Waals surface area (Å²) in [5, 5.41) is 1.02. The van der Waals surface area contributed by atoms with E-state index >= 15 is 0 Å². The second-order valence-electron chi connectivity index (χ2n) is 4.47. The summed E-state index contributed by atoms with van der Waals surface area (Å²) < 4.78 is 37.7. The maximum atomic E-state index is 12.6. The SMILES string of the molecule is FC(F)(F)c1cc(Cc2ccc3[nH]ccc3c2)ncn1. The Kier molecular flexibility index (Phi) is 2.93. The molecule has 2 heterocycles. The van der Waals surface area contributed by atoms with Crippen LogP contribution < -0.4 is 0 Å². The molecule has 3 nitrogen and oxygen atoms in total. The number of aromatic amines is 1. The summed E-state index contributed by atoms with van der Waals surface area (Å²) in [4.78, 5) is 10.2. The number of nitrogens with one attached hydrogen (secondary N) is 1. The summed E-state index contributed by atoms with van der Waals surface area (Å²) in [7, 11) is 0. The van der Waals surface area contributed by atoms with Gasteiger partial charge in [0, 0.05) is 23.8 Å². The maximum Gasteiger partial charge on any atom is 0.433 e. The Morgan fingerprint density at radius 3 is 2.70 bits per heavy atom. The van der Waals surface area contributed by atoms with E-state index < -0.39 is 11.9 Å². The number of fused-ring (bicyclic) bond motifs is 1. The highest BCUT2D eigenvalue weighted by molar-refractivity contribution is 5.79. The molecular weight excluding hydrogens is 267 g/mol. The van der Waals surface area contributed by atoms with Crippen molar-refractivity contribution in [3.8, 4) is 0 Å². The molecule has 0 saturated carbocycles. The van der Waals surface area contributed by atoms with Crippen molar-refractivity contribution >= 4 is 10.9 Å². The Hall–Kier alpha value is -2.37. The van der Waals surface area contributed by atoms with Gasteiger partial charge in [-0.3, -0.25) is 0 Å². The molecule has 0 amide bonds. The van der Waals surface area contributed by atoms with E-state index in [-0.39, 0.29) is 0 Å². The Balaban J connectivity index is 1.90. The minimum atomic E-state index is -4.44. The van der Waals surface area contributed by atoms with Crippen LogP contribution in [-0.4, -0.2) is 15.0 Å². The lowest BCUT2D eigenvalue weighted by atomic mass is 10.1. The van der Waals surface area contributed by atoms with E-state index in [2.05, 4.69) is 15.0 Å². The Morgan fingerprint density at radius 2 is 1.90 bits per heavy atom. The predicted octanol–water partition coefficient (Wildman–Crippen LogP) is 3.57. The lowest BCUT2D eigenvalue weighted by Gasteiger charge is -2.07. The van der Waals surface area contributed by atoms with E-state index in [0.29, 0.717) is 12.1 Å². The first-order chi connectivity index (χ1) is 9.52. The number of hydrogen-bond acceptors (Lipinski definition) is 2. The van der Waals surface area contributed by atoms with Crippen molar-refractivity contribution in [2.24, 2.45) is 0 Å². The van der Waals surface area contributed by atoms with Gasteiger partial charge in [-0.05, 0) is 35.2 Å². The quantitative estimate of drug-likeness (QED) is 0.778. The summed E-state index contributed by atoms with van der Waals surface area (Å²) in [6, 6.07) is 8.60.